The van der Waals surface area contributed by atoms with Gasteiger partial charge in [-0.2, -0.15) is 0 Å². The molecule has 2 nitrogen and oxygen atoms in total. The van der Waals surface area contributed by atoms with Crippen LogP contribution in [0.25, 0.3) is 0 Å². The van der Waals surface area contributed by atoms with Gasteiger partial charge in [0.1, 0.15) is 0 Å². The Hall–Kier alpha value is -0.530. The van der Waals surface area contributed by atoms with Crippen LogP contribution in [0.4, 0.5) is 0 Å². The topological polar surface area (TPSA) is 20.3 Å². The first-order valence-corrected chi connectivity index (χ1v) is 11.3. The van der Waals surface area contributed by atoms with E-state index in [-0.39, 0.29) is 5.91 Å². The smallest absolute Gasteiger partial charge is 0.222 e. The van der Waals surface area contributed by atoms with Crippen molar-refractivity contribution in [2.75, 3.05) is 13.1 Å². The van der Waals surface area contributed by atoms with Gasteiger partial charge in [-0.3, -0.25) is 4.79 Å². The van der Waals surface area contributed by atoms with Crippen LogP contribution in [0.15, 0.2) is 0 Å². The second kappa shape index (κ2) is 19.8. The maximum absolute atomic E-state index is 12.1. The Balaban J connectivity index is 3.64. The van der Waals surface area contributed by atoms with Crippen molar-refractivity contribution >= 4 is 5.91 Å². The Labute approximate surface area is 159 Å². The molecular formula is C23H46NO. The highest BCUT2D eigenvalue weighted by atomic mass is 16.2. The molecule has 2 heteroatoms. The van der Waals surface area contributed by atoms with Crippen LogP contribution < -0.4 is 0 Å². The van der Waals surface area contributed by atoms with E-state index < -0.39 is 0 Å². The highest BCUT2D eigenvalue weighted by Crippen LogP contribution is 2.11. The summed E-state index contributed by atoms with van der Waals surface area (Å²) in [6.07, 6.45) is 21.6. The fraction of sp³-hybridized carbons (Fsp3) is 0.913. The zero-order valence-electron chi connectivity index (χ0n) is 17.5. The van der Waals surface area contributed by atoms with Crippen molar-refractivity contribution in [2.24, 2.45) is 0 Å². The van der Waals surface area contributed by atoms with Crippen LogP contribution in [-0.2, 0) is 4.79 Å². The Bertz CT molecular complexity index is 257. The van der Waals surface area contributed by atoms with E-state index in [0.29, 0.717) is 6.42 Å². The fourth-order valence-corrected chi connectivity index (χ4v) is 3.39. The summed E-state index contributed by atoms with van der Waals surface area (Å²) in [6, 6.07) is 0. The van der Waals surface area contributed by atoms with Crippen LogP contribution in [0, 0.1) is 6.92 Å². The SMILES string of the molecule is [CH2]CC(=O)N(CCCCCCCCCC)CCCCCCCCCC. The normalized spacial score (nSPS) is 11.0. The van der Waals surface area contributed by atoms with E-state index in [4.69, 9.17) is 0 Å². The predicted octanol–water partition coefficient (Wildman–Crippen LogP) is 7.32. The summed E-state index contributed by atoms with van der Waals surface area (Å²) in [4.78, 5) is 14.1. The monoisotopic (exact) mass is 352 g/mol. The molecule has 0 unspecified atom stereocenters. The highest BCUT2D eigenvalue weighted by Gasteiger charge is 2.10. The van der Waals surface area contributed by atoms with Gasteiger partial charge < -0.3 is 4.90 Å². The van der Waals surface area contributed by atoms with Gasteiger partial charge >= 0.3 is 0 Å². The summed E-state index contributed by atoms with van der Waals surface area (Å²) in [5.74, 6) is 0.242. The van der Waals surface area contributed by atoms with E-state index in [1.165, 1.54) is 89.9 Å². The van der Waals surface area contributed by atoms with Gasteiger partial charge in [0.05, 0.1) is 0 Å². The molecular weight excluding hydrogens is 306 g/mol. The van der Waals surface area contributed by atoms with Crippen molar-refractivity contribution in [1.82, 2.24) is 4.90 Å². The standard InChI is InChI=1S/C23H46NO/c1-4-7-9-11-13-15-17-19-21-24(23(25)6-3)22-20-18-16-14-12-10-8-5-2/h3-22H2,1-2H3. The molecule has 0 bridgehead atoms. The van der Waals surface area contributed by atoms with Crippen molar-refractivity contribution < 1.29 is 4.79 Å². The molecule has 0 aliphatic heterocycles. The van der Waals surface area contributed by atoms with Crippen LogP contribution in [0.2, 0.25) is 0 Å². The number of carbonyl (C=O) groups excluding carboxylic acids is 1. The number of amides is 1. The van der Waals surface area contributed by atoms with E-state index >= 15 is 0 Å². The van der Waals surface area contributed by atoms with Gasteiger partial charge in [0, 0.05) is 19.5 Å². The van der Waals surface area contributed by atoms with Crippen LogP contribution in [0.1, 0.15) is 123 Å². The Morgan fingerprint density at radius 3 is 1.24 bits per heavy atom. The minimum Gasteiger partial charge on any atom is -0.343 e. The van der Waals surface area contributed by atoms with Crippen LogP contribution in [0.3, 0.4) is 0 Å². The van der Waals surface area contributed by atoms with Gasteiger partial charge in [-0.15, -0.1) is 0 Å². The molecule has 0 aromatic heterocycles. The molecule has 0 aromatic rings. The molecule has 149 valence electrons. The lowest BCUT2D eigenvalue weighted by Gasteiger charge is -2.22. The van der Waals surface area contributed by atoms with Crippen molar-refractivity contribution in [1.29, 1.82) is 0 Å². The third-order valence-electron chi connectivity index (χ3n) is 5.13. The Kier molecular flexibility index (Phi) is 19.4. The van der Waals surface area contributed by atoms with E-state index in [9.17, 15) is 4.79 Å². The lowest BCUT2D eigenvalue weighted by Crippen LogP contribution is -2.32. The minimum atomic E-state index is 0.242. The number of hydrogen-bond donors (Lipinski definition) is 0. The first-order valence-electron chi connectivity index (χ1n) is 11.3. The second-order valence-corrected chi connectivity index (χ2v) is 7.58. The molecule has 0 aliphatic carbocycles. The molecule has 0 saturated carbocycles. The van der Waals surface area contributed by atoms with E-state index in [2.05, 4.69) is 25.7 Å². The van der Waals surface area contributed by atoms with Gasteiger partial charge in [0.25, 0.3) is 0 Å². The molecule has 0 heterocycles. The maximum Gasteiger partial charge on any atom is 0.222 e. The molecule has 0 aromatic carbocycles. The van der Waals surface area contributed by atoms with Crippen LogP contribution >= 0.6 is 0 Å². The summed E-state index contributed by atoms with van der Waals surface area (Å²) in [7, 11) is 0. The summed E-state index contributed by atoms with van der Waals surface area (Å²) >= 11 is 0. The molecule has 0 spiro atoms. The highest BCUT2D eigenvalue weighted by molar-refractivity contribution is 5.76. The predicted molar refractivity (Wildman–Crippen MR) is 112 cm³/mol. The number of unbranched alkanes of at least 4 members (excludes halogenated alkanes) is 14. The average molecular weight is 353 g/mol. The summed E-state index contributed by atoms with van der Waals surface area (Å²) in [5.41, 5.74) is 0. The van der Waals surface area contributed by atoms with E-state index in [1.807, 2.05) is 0 Å². The summed E-state index contributed by atoms with van der Waals surface area (Å²) in [6.45, 7) is 10.2. The Morgan fingerprint density at radius 1 is 0.600 bits per heavy atom. The molecule has 25 heavy (non-hydrogen) atoms. The molecule has 0 fully saturated rings. The number of rotatable bonds is 19. The van der Waals surface area contributed by atoms with Crippen molar-refractivity contribution in [2.45, 2.75) is 123 Å². The zero-order chi connectivity index (χ0) is 18.6. The first kappa shape index (κ1) is 24.5. The van der Waals surface area contributed by atoms with Gasteiger partial charge in [-0.05, 0) is 19.8 Å². The van der Waals surface area contributed by atoms with E-state index in [0.717, 1.165) is 25.9 Å². The average Bonchev–Trinajstić information content (AvgIpc) is 2.63. The van der Waals surface area contributed by atoms with Crippen LogP contribution in [-0.4, -0.2) is 23.9 Å². The third-order valence-corrected chi connectivity index (χ3v) is 5.13. The lowest BCUT2D eigenvalue weighted by molar-refractivity contribution is -0.130. The molecule has 0 N–H and O–H groups in total. The number of carbonyl (C=O) groups is 1. The third kappa shape index (κ3) is 16.7. The van der Waals surface area contributed by atoms with Gasteiger partial charge in [0.15, 0.2) is 0 Å². The molecule has 0 rings (SSSR count). The van der Waals surface area contributed by atoms with Crippen molar-refractivity contribution in [3.05, 3.63) is 6.92 Å². The lowest BCUT2D eigenvalue weighted by atomic mass is 10.1. The number of nitrogens with zero attached hydrogens (tertiary/aromatic N) is 1. The maximum atomic E-state index is 12.1. The van der Waals surface area contributed by atoms with Crippen molar-refractivity contribution in [3.63, 3.8) is 0 Å². The van der Waals surface area contributed by atoms with Gasteiger partial charge in [-0.25, -0.2) is 0 Å². The van der Waals surface area contributed by atoms with E-state index in [1.54, 1.807) is 0 Å². The quantitative estimate of drug-likeness (QED) is 0.223. The van der Waals surface area contributed by atoms with Crippen molar-refractivity contribution in [3.8, 4) is 0 Å². The second-order valence-electron chi connectivity index (χ2n) is 7.58. The molecule has 0 aliphatic rings. The number of hydrogen-bond acceptors (Lipinski definition) is 1. The van der Waals surface area contributed by atoms with Gasteiger partial charge in [-0.1, -0.05) is 104 Å². The van der Waals surface area contributed by atoms with Gasteiger partial charge in [0.2, 0.25) is 5.91 Å². The zero-order valence-corrected chi connectivity index (χ0v) is 17.5. The summed E-state index contributed by atoms with van der Waals surface area (Å²) in [5, 5.41) is 0. The van der Waals surface area contributed by atoms with Crippen LogP contribution in [0.5, 0.6) is 0 Å². The molecule has 0 atom stereocenters. The minimum absolute atomic E-state index is 0.242. The molecule has 0 saturated heterocycles. The summed E-state index contributed by atoms with van der Waals surface area (Å²) < 4.78 is 0. The largest absolute Gasteiger partial charge is 0.343 e. The fourth-order valence-electron chi connectivity index (χ4n) is 3.39. The first-order chi connectivity index (χ1) is 12.3. The molecule has 1 amide bonds. The Morgan fingerprint density at radius 2 is 0.920 bits per heavy atom. The molecule has 1 radical (unpaired) electrons.